The summed E-state index contributed by atoms with van der Waals surface area (Å²) in [4.78, 5) is 10.2. The maximum Gasteiger partial charge on any atom is 1.00 e. The molecule has 0 spiro atoms. The van der Waals surface area contributed by atoms with Crippen molar-refractivity contribution in [2.75, 3.05) is 0 Å². The number of aromatic carboxylic acids is 1. The number of carbonyl (C=O) groups is 1. The average Bonchev–Trinajstić information content (AvgIpc) is 1.94. The summed E-state index contributed by atoms with van der Waals surface area (Å²) in [6.07, 6.45) is 0. The number of halogens is 1. The summed E-state index contributed by atoms with van der Waals surface area (Å²) >= 11 is 5.42. The van der Waals surface area contributed by atoms with Crippen LogP contribution in [0.2, 0.25) is 5.02 Å². The molecule has 0 aliphatic rings. The number of carboxylic acids is 1. The Morgan fingerprint density at radius 2 is 2.08 bits per heavy atom. The monoisotopic (exact) mass is 194 g/mol. The van der Waals surface area contributed by atoms with Gasteiger partial charge in [0.2, 0.25) is 0 Å². The van der Waals surface area contributed by atoms with E-state index in [0.717, 1.165) is 0 Å². The van der Waals surface area contributed by atoms with Crippen LogP contribution in [0.15, 0.2) is 18.2 Å². The van der Waals surface area contributed by atoms with Crippen molar-refractivity contribution >= 4 is 17.6 Å². The van der Waals surface area contributed by atoms with Crippen molar-refractivity contribution in [1.82, 2.24) is 0 Å². The first-order valence-corrected chi connectivity index (χ1v) is 3.19. The zero-order valence-electron chi connectivity index (χ0n) is 6.37. The van der Waals surface area contributed by atoms with Gasteiger partial charge in [-0.15, -0.1) is 0 Å². The quantitative estimate of drug-likeness (QED) is 0.500. The van der Waals surface area contributed by atoms with Gasteiger partial charge in [-0.25, -0.2) is 0 Å². The van der Waals surface area contributed by atoms with Gasteiger partial charge in [-0.1, -0.05) is 17.7 Å². The van der Waals surface area contributed by atoms with Gasteiger partial charge in [0.25, 0.3) is 0 Å². The predicted molar refractivity (Wildman–Crippen MR) is 37.4 cm³/mol. The van der Waals surface area contributed by atoms with Gasteiger partial charge in [0.05, 0.1) is 11.0 Å². The topological polar surface area (TPSA) is 60.4 Å². The third-order valence-corrected chi connectivity index (χ3v) is 1.51. The fourth-order valence-electron chi connectivity index (χ4n) is 0.680. The van der Waals surface area contributed by atoms with Gasteiger partial charge in [-0.3, -0.25) is 0 Å². The SMILES string of the molecule is O=C([O-])c1cccc(Cl)c1O.[Na+]. The molecule has 0 aliphatic carbocycles. The minimum Gasteiger partial charge on any atom is -0.545 e. The van der Waals surface area contributed by atoms with Crippen molar-refractivity contribution in [2.24, 2.45) is 0 Å². The summed E-state index contributed by atoms with van der Waals surface area (Å²) in [7, 11) is 0. The molecular weight excluding hydrogens is 191 g/mol. The van der Waals surface area contributed by atoms with E-state index in [-0.39, 0.29) is 40.1 Å². The van der Waals surface area contributed by atoms with Crippen LogP contribution in [-0.2, 0) is 0 Å². The zero-order chi connectivity index (χ0) is 8.43. The fraction of sp³-hybridized carbons (Fsp3) is 0. The molecule has 1 aromatic rings. The maximum absolute atomic E-state index is 10.2. The third kappa shape index (κ3) is 2.38. The van der Waals surface area contributed by atoms with Crippen molar-refractivity contribution < 1.29 is 44.6 Å². The molecule has 1 N–H and O–H groups in total. The Morgan fingerprint density at radius 1 is 1.50 bits per heavy atom. The van der Waals surface area contributed by atoms with Crippen molar-refractivity contribution in [3.8, 4) is 5.75 Å². The van der Waals surface area contributed by atoms with E-state index in [4.69, 9.17) is 16.7 Å². The van der Waals surface area contributed by atoms with Crippen LogP contribution in [0.5, 0.6) is 5.75 Å². The van der Waals surface area contributed by atoms with Gasteiger partial charge in [-0.2, -0.15) is 0 Å². The second-order valence-electron chi connectivity index (χ2n) is 1.92. The van der Waals surface area contributed by atoms with Gasteiger partial charge < -0.3 is 15.0 Å². The van der Waals surface area contributed by atoms with Crippen LogP contribution in [0.4, 0.5) is 0 Å². The largest absolute Gasteiger partial charge is 1.00 e. The van der Waals surface area contributed by atoms with Gasteiger partial charge in [0.15, 0.2) is 0 Å². The molecule has 0 saturated carbocycles. The normalized spacial score (nSPS) is 8.75. The van der Waals surface area contributed by atoms with E-state index in [0.29, 0.717) is 0 Å². The maximum atomic E-state index is 10.2. The summed E-state index contributed by atoms with van der Waals surface area (Å²) < 4.78 is 0. The molecule has 0 aliphatic heterocycles. The molecule has 1 aromatic carbocycles. The molecule has 0 saturated heterocycles. The van der Waals surface area contributed by atoms with Crippen LogP contribution in [0.1, 0.15) is 10.4 Å². The predicted octanol–water partition coefficient (Wildman–Crippen LogP) is -2.59. The second-order valence-corrected chi connectivity index (χ2v) is 2.33. The van der Waals surface area contributed by atoms with Crippen molar-refractivity contribution in [3.05, 3.63) is 28.8 Å². The summed E-state index contributed by atoms with van der Waals surface area (Å²) in [5.74, 6) is -1.89. The molecule has 0 unspecified atom stereocenters. The molecule has 12 heavy (non-hydrogen) atoms. The van der Waals surface area contributed by atoms with Gasteiger partial charge >= 0.3 is 29.6 Å². The summed E-state index contributed by atoms with van der Waals surface area (Å²) in [6, 6.07) is 4.03. The van der Waals surface area contributed by atoms with E-state index >= 15 is 0 Å². The Labute approximate surface area is 96.3 Å². The molecule has 58 valence electrons. The molecule has 0 atom stereocenters. The smallest absolute Gasteiger partial charge is 0.545 e. The number of rotatable bonds is 1. The van der Waals surface area contributed by atoms with Crippen LogP contribution >= 0.6 is 11.6 Å². The Bertz CT molecular complexity index is 301. The number of hydrogen-bond donors (Lipinski definition) is 1. The van der Waals surface area contributed by atoms with E-state index in [9.17, 15) is 9.90 Å². The molecule has 1 rings (SSSR count). The molecule has 5 heteroatoms. The van der Waals surface area contributed by atoms with Crippen LogP contribution in [0.25, 0.3) is 0 Å². The minimum absolute atomic E-state index is 0. The van der Waals surface area contributed by atoms with Crippen molar-refractivity contribution in [1.29, 1.82) is 0 Å². The van der Waals surface area contributed by atoms with Crippen molar-refractivity contribution in [3.63, 3.8) is 0 Å². The number of aromatic hydroxyl groups is 1. The molecular formula is C7H4ClNaO3. The molecule has 0 fully saturated rings. The second kappa shape index (κ2) is 4.72. The Morgan fingerprint density at radius 3 is 2.50 bits per heavy atom. The van der Waals surface area contributed by atoms with Gasteiger partial charge in [-0.05, 0) is 12.1 Å². The van der Waals surface area contributed by atoms with Crippen LogP contribution in [-0.4, -0.2) is 11.1 Å². The number of benzene rings is 1. The van der Waals surface area contributed by atoms with E-state index in [1.807, 2.05) is 0 Å². The summed E-state index contributed by atoms with van der Waals surface area (Å²) in [5.41, 5.74) is -0.294. The van der Waals surface area contributed by atoms with Crippen molar-refractivity contribution in [2.45, 2.75) is 0 Å². The first-order chi connectivity index (χ1) is 5.13. The number of carboxylic acid groups (broad SMARTS) is 1. The van der Waals surface area contributed by atoms with Gasteiger partial charge in [0.1, 0.15) is 5.75 Å². The summed E-state index contributed by atoms with van der Waals surface area (Å²) in [6.45, 7) is 0. The number of hydrogen-bond acceptors (Lipinski definition) is 3. The van der Waals surface area contributed by atoms with Crippen LogP contribution in [0, 0.1) is 0 Å². The Hall–Kier alpha value is -0.220. The van der Waals surface area contributed by atoms with E-state index in [1.165, 1.54) is 18.2 Å². The molecule has 0 bridgehead atoms. The van der Waals surface area contributed by atoms with E-state index < -0.39 is 11.7 Å². The number of para-hydroxylation sites is 1. The Balaban J connectivity index is 0.00000121. The standard InChI is InChI=1S/C7H5ClO3.Na/c8-5-3-1-2-4(6(5)9)7(10)11;/h1-3,9H,(H,10,11);/q;+1/p-1. The molecule has 0 radical (unpaired) electrons. The molecule has 0 amide bonds. The molecule has 0 heterocycles. The fourth-order valence-corrected chi connectivity index (χ4v) is 0.855. The summed E-state index contributed by atoms with van der Waals surface area (Å²) in [5, 5.41) is 19.3. The first-order valence-electron chi connectivity index (χ1n) is 2.81. The molecule has 3 nitrogen and oxygen atoms in total. The Kier molecular flexibility index (Phi) is 4.63. The third-order valence-electron chi connectivity index (χ3n) is 1.21. The van der Waals surface area contributed by atoms with E-state index in [1.54, 1.807) is 0 Å². The zero-order valence-corrected chi connectivity index (χ0v) is 9.13. The van der Waals surface area contributed by atoms with Crippen LogP contribution < -0.4 is 34.7 Å². The van der Waals surface area contributed by atoms with Crippen LogP contribution in [0.3, 0.4) is 0 Å². The molecule has 0 aromatic heterocycles. The van der Waals surface area contributed by atoms with E-state index in [2.05, 4.69) is 0 Å². The van der Waals surface area contributed by atoms with Gasteiger partial charge in [0, 0.05) is 5.56 Å². The minimum atomic E-state index is -1.44. The number of carbonyl (C=O) groups excluding carboxylic acids is 1. The number of phenols is 1. The first kappa shape index (κ1) is 11.8. The average molecular weight is 195 g/mol.